The molecule has 0 aromatic rings. The van der Waals surface area contributed by atoms with Crippen LogP contribution in [0.5, 0.6) is 0 Å². The lowest BCUT2D eigenvalue weighted by molar-refractivity contribution is -0.125. The molecule has 0 fully saturated rings. The topological polar surface area (TPSA) is 27.7 Å². The van der Waals surface area contributed by atoms with E-state index in [4.69, 9.17) is 24.7 Å². The second kappa shape index (κ2) is 10.0. The summed E-state index contributed by atoms with van der Waals surface area (Å²) in [6, 6.07) is 0.600. The third kappa shape index (κ3) is 9.73. The highest BCUT2D eigenvalue weighted by Crippen LogP contribution is 2.26. The Hall–Kier alpha value is 0.247. The molecule has 0 spiro atoms. The molecule has 116 valence electrons. The number of alkyl halides is 2. The summed E-state index contributed by atoms with van der Waals surface area (Å²) >= 11 is 6.43. The van der Waals surface area contributed by atoms with Crippen LogP contribution in [0.25, 0.3) is 0 Å². The Balaban J connectivity index is 4.47. The zero-order valence-electron chi connectivity index (χ0n) is 12.1. The van der Waals surface area contributed by atoms with E-state index in [9.17, 15) is 8.78 Å². The molecule has 3 nitrogen and oxygen atoms in total. The second-order valence-corrected chi connectivity index (χ2v) is 8.77. The Morgan fingerprint density at radius 3 is 2.26 bits per heavy atom. The Morgan fingerprint density at radius 2 is 1.84 bits per heavy atom. The highest BCUT2D eigenvalue weighted by Gasteiger charge is 2.39. The van der Waals surface area contributed by atoms with Crippen LogP contribution in [-0.2, 0) is 13.6 Å². The highest BCUT2D eigenvalue weighted by molar-refractivity contribution is 7.13. The standard InChI is InChI=1S/C12H25ClF2O3Si/c1-5-7-17-19(13,9-10(3)4)18-12(6-2)16-8-11(14)15/h10-12H,5-9H2,1-4H3. The molecule has 0 aromatic heterocycles. The predicted octanol–water partition coefficient (Wildman–Crippen LogP) is 4.28. The van der Waals surface area contributed by atoms with Gasteiger partial charge in [-0.25, -0.2) is 8.78 Å². The number of hydrogen-bond acceptors (Lipinski definition) is 3. The maximum Gasteiger partial charge on any atom is 0.445 e. The summed E-state index contributed by atoms with van der Waals surface area (Å²) in [5.41, 5.74) is 0. The van der Waals surface area contributed by atoms with Crippen molar-refractivity contribution in [1.82, 2.24) is 0 Å². The first-order chi connectivity index (χ1) is 8.83. The van der Waals surface area contributed by atoms with Crippen molar-refractivity contribution in [3.63, 3.8) is 0 Å². The van der Waals surface area contributed by atoms with Crippen LogP contribution in [0, 0.1) is 5.92 Å². The van der Waals surface area contributed by atoms with Gasteiger partial charge in [0, 0.05) is 12.7 Å². The minimum absolute atomic E-state index is 0.314. The van der Waals surface area contributed by atoms with E-state index in [-0.39, 0.29) is 0 Å². The van der Waals surface area contributed by atoms with E-state index in [0.717, 1.165) is 6.42 Å². The highest BCUT2D eigenvalue weighted by atomic mass is 35.6. The SMILES string of the molecule is CCCO[Si](Cl)(CC(C)C)OC(CC)OCC(F)F. The average Bonchev–Trinajstić information content (AvgIpc) is 2.31. The number of hydrogen-bond donors (Lipinski definition) is 0. The summed E-state index contributed by atoms with van der Waals surface area (Å²) in [7, 11) is -2.89. The zero-order chi connectivity index (χ0) is 14.9. The fraction of sp³-hybridized carbons (Fsp3) is 1.00. The first-order valence-corrected chi connectivity index (χ1v) is 9.77. The molecule has 0 aliphatic carbocycles. The molecule has 0 heterocycles. The quantitative estimate of drug-likeness (QED) is 0.323. The maximum absolute atomic E-state index is 12.1. The molecule has 0 rings (SSSR count). The molecule has 0 N–H and O–H groups in total. The van der Waals surface area contributed by atoms with Gasteiger partial charge in [0.15, 0.2) is 6.29 Å². The van der Waals surface area contributed by atoms with Crippen molar-refractivity contribution in [2.24, 2.45) is 5.92 Å². The van der Waals surface area contributed by atoms with Gasteiger partial charge in [-0.1, -0.05) is 38.8 Å². The monoisotopic (exact) mass is 318 g/mol. The van der Waals surface area contributed by atoms with E-state index >= 15 is 0 Å². The van der Waals surface area contributed by atoms with Crippen molar-refractivity contribution in [2.75, 3.05) is 13.2 Å². The number of halogens is 3. The third-order valence-corrected chi connectivity index (χ3v) is 5.83. The van der Waals surface area contributed by atoms with Gasteiger partial charge in [-0.15, -0.1) is 0 Å². The van der Waals surface area contributed by atoms with Gasteiger partial charge in [0.2, 0.25) is 0 Å². The second-order valence-electron chi connectivity index (χ2n) is 4.79. The minimum atomic E-state index is -2.89. The van der Waals surface area contributed by atoms with E-state index in [0.29, 0.717) is 25.0 Å². The van der Waals surface area contributed by atoms with Crippen molar-refractivity contribution in [1.29, 1.82) is 0 Å². The first-order valence-electron chi connectivity index (χ1n) is 6.73. The summed E-state index contributed by atoms with van der Waals surface area (Å²) in [5.74, 6) is 0.314. The average molecular weight is 319 g/mol. The largest absolute Gasteiger partial charge is 0.445 e. The summed E-state index contributed by atoms with van der Waals surface area (Å²) in [5, 5.41) is 0. The summed E-state index contributed by atoms with van der Waals surface area (Å²) in [4.78, 5) is 0. The predicted molar refractivity (Wildman–Crippen MR) is 74.6 cm³/mol. The van der Waals surface area contributed by atoms with Crippen LogP contribution < -0.4 is 0 Å². The summed E-state index contributed by atoms with van der Waals surface area (Å²) < 4.78 is 40.6. The molecule has 19 heavy (non-hydrogen) atoms. The van der Waals surface area contributed by atoms with E-state index in [1.54, 1.807) is 6.92 Å². The molecule has 0 radical (unpaired) electrons. The fourth-order valence-electron chi connectivity index (χ4n) is 1.49. The van der Waals surface area contributed by atoms with Crippen LogP contribution in [0.3, 0.4) is 0 Å². The molecule has 0 aromatic carbocycles. The van der Waals surface area contributed by atoms with Crippen LogP contribution >= 0.6 is 11.1 Å². The van der Waals surface area contributed by atoms with Crippen molar-refractivity contribution < 1.29 is 22.4 Å². The van der Waals surface area contributed by atoms with Gasteiger partial charge >= 0.3 is 7.87 Å². The van der Waals surface area contributed by atoms with Crippen LogP contribution in [0.1, 0.15) is 40.5 Å². The molecule has 2 unspecified atom stereocenters. The van der Waals surface area contributed by atoms with Crippen LogP contribution in [0.2, 0.25) is 6.04 Å². The van der Waals surface area contributed by atoms with Gasteiger partial charge in [0.1, 0.15) is 6.61 Å². The molecule has 0 aliphatic heterocycles. The summed E-state index contributed by atoms with van der Waals surface area (Å²) in [6.45, 7) is 7.68. The Kier molecular flexibility index (Phi) is 10.2. The smallest absolute Gasteiger partial charge is 0.383 e. The van der Waals surface area contributed by atoms with Gasteiger partial charge in [0.25, 0.3) is 6.43 Å². The van der Waals surface area contributed by atoms with E-state index in [2.05, 4.69) is 0 Å². The third-order valence-electron chi connectivity index (χ3n) is 2.22. The molecule has 0 bridgehead atoms. The van der Waals surface area contributed by atoms with Crippen molar-refractivity contribution in [3.05, 3.63) is 0 Å². The molecule has 0 amide bonds. The lowest BCUT2D eigenvalue weighted by Gasteiger charge is -2.30. The summed E-state index contributed by atoms with van der Waals surface area (Å²) in [6.07, 6.45) is -1.95. The van der Waals surface area contributed by atoms with E-state index in [1.165, 1.54) is 0 Å². The van der Waals surface area contributed by atoms with E-state index < -0.39 is 27.2 Å². The molecule has 0 aliphatic rings. The molecular weight excluding hydrogens is 294 g/mol. The van der Waals surface area contributed by atoms with Gasteiger partial charge in [0.05, 0.1) is 0 Å². The van der Waals surface area contributed by atoms with Crippen molar-refractivity contribution >= 4 is 18.9 Å². The maximum atomic E-state index is 12.1. The van der Waals surface area contributed by atoms with Gasteiger partial charge < -0.3 is 13.6 Å². The molecule has 2 atom stereocenters. The van der Waals surface area contributed by atoms with Crippen LogP contribution in [0.4, 0.5) is 8.78 Å². The van der Waals surface area contributed by atoms with Crippen LogP contribution in [0.15, 0.2) is 0 Å². The lowest BCUT2D eigenvalue weighted by Crippen LogP contribution is -2.42. The van der Waals surface area contributed by atoms with Gasteiger partial charge in [-0.05, 0) is 18.8 Å². The molecular formula is C12H25ClF2O3Si. The molecule has 0 saturated carbocycles. The Labute approximate surface area is 120 Å². The van der Waals surface area contributed by atoms with E-state index in [1.807, 2.05) is 20.8 Å². The lowest BCUT2D eigenvalue weighted by atomic mass is 10.3. The molecule has 7 heteroatoms. The fourth-order valence-corrected chi connectivity index (χ4v) is 5.34. The van der Waals surface area contributed by atoms with Crippen LogP contribution in [-0.4, -0.2) is 33.8 Å². The normalized spacial score (nSPS) is 16.9. The Bertz CT molecular complexity index is 235. The number of ether oxygens (including phenoxy) is 1. The number of rotatable bonds is 11. The molecule has 0 saturated heterocycles. The first kappa shape index (κ1) is 19.2. The zero-order valence-corrected chi connectivity index (χ0v) is 13.9. The minimum Gasteiger partial charge on any atom is -0.383 e. The van der Waals surface area contributed by atoms with Gasteiger partial charge in [-0.3, -0.25) is 0 Å². The van der Waals surface area contributed by atoms with Crippen molar-refractivity contribution in [2.45, 2.75) is 59.3 Å². The van der Waals surface area contributed by atoms with Gasteiger partial charge in [-0.2, -0.15) is 0 Å². The Morgan fingerprint density at radius 1 is 1.21 bits per heavy atom. The van der Waals surface area contributed by atoms with Crippen molar-refractivity contribution in [3.8, 4) is 0 Å².